The number of rotatable bonds is 8. The second-order valence-electron chi connectivity index (χ2n) is 5.78. The first kappa shape index (κ1) is 19.4. The summed E-state index contributed by atoms with van der Waals surface area (Å²) < 4.78 is 11.1. The lowest BCUT2D eigenvalue weighted by Crippen LogP contribution is -2.20. The van der Waals surface area contributed by atoms with Gasteiger partial charge in [-0.15, -0.1) is 11.3 Å². The van der Waals surface area contributed by atoms with Gasteiger partial charge < -0.3 is 9.47 Å². The maximum Gasteiger partial charge on any atom is 0.264 e. The van der Waals surface area contributed by atoms with Crippen LogP contribution in [0.25, 0.3) is 11.3 Å². The van der Waals surface area contributed by atoms with Gasteiger partial charge in [-0.1, -0.05) is 24.3 Å². The summed E-state index contributed by atoms with van der Waals surface area (Å²) in [7, 11) is 0. The molecule has 0 aliphatic heterocycles. The van der Waals surface area contributed by atoms with Crippen LogP contribution in [0.3, 0.4) is 0 Å². The highest BCUT2D eigenvalue weighted by molar-refractivity contribution is 7.14. The number of carbonyl (C=O) groups is 1. The summed E-state index contributed by atoms with van der Waals surface area (Å²) in [5.41, 5.74) is 2.54. The molecule has 0 saturated heterocycles. The Balaban J connectivity index is 1.58. The number of carbonyl (C=O) groups excluding carboxylic acids is 1. The Bertz CT molecular complexity index is 977. The molecular weight excluding hydrogens is 374 g/mol. The maximum atomic E-state index is 12.1. The number of hydrogen-bond acceptors (Lipinski definition) is 6. The third-order valence-electron chi connectivity index (χ3n) is 3.79. The van der Waals surface area contributed by atoms with Gasteiger partial charge in [0.05, 0.1) is 24.8 Å². The fourth-order valence-electron chi connectivity index (χ4n) is 2.51. The van der Waals surface area contributed by atoms with Crippen LogP contribution >= 0.6 is 11.3 Å². The second kappa shape index (κ2) is 9.53. The normalized spacial score (nSPS) is 10.1. The molecule has 1 aromatic heterocycles. The average Bonchev–Trinajstić information content (AvgIpc) is 3.16. The molecule has 7 heteroatoms. The lowest BCUT2D eigenvalue weighted by Gasteiger charge is -2.07. The minimum absolute atomic E-state index is 0.123. The van der Waals surface area contributed by atoms with Gasteiger partial charge in [-0.2, -0.15) is 5.26 Å². The molecule has 0 bridgehead atoms. The van der Waals surface area contributed by atoms with E-state index in [1.165, 1.54) is 11.3 Å². The number of amides is 1. The number of ether oxygens (including phenoxy) is 2. The van der Waals surface area contributed by atoms with Crippen molar-refractivity contribution < 1.29 is 14.3 Å². The standard InChI is InChI=1S/C21H19N3O3S/c1-2-26-19-6-4-3-5-17(19)18-14-28-21(23-18)24-20(25)13-27-16-9-7-15(8-10-16)11-12-22/h3-10,14H,2,11,13H2,1H3,(H,23,24,25). The molecule has 28 heavy (non-hydrogen) atoms. The molecule has 0 spiro atoms. The minimum Gasteiger partial charge on any atom is -0.493 e. The Morgan fingerprint density at radius 2 is 1.96 bits per heavy atom. The van der Waals surface area contributed by atoms with E-state index in [4.69, 9.17) is 14.7 Å². The van der Waals surface area contributed by atoms with E-state index in [0.717, 1.165) is 22.6 Å². The van der Waals surface area contributed by atoms with E-state index in [9.17, 15) is 4.79 Å². The van der Waals surface area contributed by atoms with E-state index in [2.05, 4.69) is 16.4 Å². The summed E-state index contributed by atoms with van der Waals surface area (Å²) in [6.07, 6.45) is 0.347. The van der Waals surface area contributed by atoms with Crippen LogP contribution in [0.5, 0.6) is 11.5 Å². The average molecular weight is 393 g/mol. The molecule has 3 rings (SSSR count). The molecule has 0 saturated carbocycles. The monoisotopic (exact) mass is 393 g/mol. The second-order valence-corrected chi connectivity index (χ2v) is 6.64. The van der Waals surface area contributed by atoms with Crippen molar-refractivity contribution in [3.8, 4) is 28.8 Å². The number of benzene rings is 2. The first-order valence-electron chi connectivity index (χ1n) is 8.76. The quantitative estimate of drug-likeness (QED) is 0.617. The summed E-state index contributed by atoms with van der Waals surface area (Å²) in [6.45, 7) is 2.38. The highest BCUT2D eigenvalue weighted by Gasteiger charge is 2.12. The topological polar surface area (TPSA) is 84.2 Å². The van der Waals surface area contributed by atoms with E-state index in [1.54, 1.807) is 24.3 Å². The summed E-state index contributed by atoms with van der Waals surface area (Å²) in [6, 6.07) is 16.8. The first-order valence-corrected chi connectivity index (χ1v) is 9.64. The van der Waals surface area contributed by atoms with Crippen LogP contribution in [-0.2, 0) is 11.2 Å². The van der Waals surface area contributed by atoms with E-state index in [1.807, 2.05) is 36.6 Å². The molecule has 1 amide bonds. The molecule has 0 fully saturated rings. The molecule has 142 valence electrons. The van der Waals surface area contributed by atoms with Crippen molar-refractivity contribution in [1.29, 1.82) is 5.26 Å². The smallest absolute Gasteiger partial charge is 0.264 e. The zero-order valence-corrected chi connectivity index (χ0v) is 16.2. The molecule has 2 aromatic carbocycles. The van der Waals surface area contributed by atoms with Gasteiger partial charge in [-0.05, 0) is 36.8 Å². The van der Waals surface area contributed by atoms with E-state index >= 15 is 0 Å². The SMILES string of the molecule is CCOc1ccccc1-c1csc(NC(=O)COc2ccc(CC#N)cc2)n1. The number of anilines is 1. The molecule has 0 unspecified atom stereocenters. The van der Waals surface area contributed by atoms with E-state index < -0.39 is 0 Å². The molecule has 6 nitrogen and oxygen atoms in total. The molecule has 0 aliphatic rings. The molecule has 1 N–H and O–H groups in total. The van der Waals surface area contributed by atoms with Crippen LogP contribution in [0, 0.1) is 11.3 Å². The predicted octanol–water partition coefficient (Wildman–Crippen LogP) is 4.29. The van der Waals surface area contributed by atoms with Crippen molar-refractivity contribution >= 4 is 22.4 Å². The number of para-hydroxylation sites is 1. The van der Waals surface area contributed by atoms with Gasteiger partial charge in [-0.3, -0.25) is 10.1 Å². The molecule has 0 atom stereocenters. The number of thiazole rings is 1. The Kier molecular flexibility index (Phi) is 6.60. The number of nitrogens with zero attached hydrogens (tertiary/aromatic N) is 2. The van der Waals surface area contributed by atoms with Crippen molar-refractivity contribution in [3.63, 3.8) is 0 Å². The molecular formula is C21H19N3O3S. The van der Waals surface area contributed by atoms with Gasteiger partial charge >= 0.3 is 0 Å². The summed E-state index contributed by atoms with van der Waals surface area (Å²) in [4.78, 5) is 16.6. The van der Waals surface area contributed by atoms with Gasteiger partial charge in [0.2, 0.25) is 0 Å². The summed E-state index contributed by atoms with van der Waals surface area (Å²) >= 11 is 1.34. The highest BCUT2D eigenvalue weighted by atomic mass is 32.1. The Morgan fingerprint density at radius 1 is 1.18 bits per heavy atom. The zero-order valence-electron chi connectivity index (χ0n) is 15.3. The van der Waals surface area contributed by atoms with Crippen LogP contribution in [0.1, 0.15) is 12.5 Å². The summed E-state index contributed by atoms with van der Waals surface area (Å²) in [5.74, 6) is 1.04. The number of aromatic nitrogens is 1. The number of nitriles is 1. The largest absolute Gasteiger partial charge is 0.493 e. The minimum atomic E-state index is -0.292. The van der Waals surface area contributed by atoms with Crippen LogP contribution < -0.4 is 14.8 Å². The van der Waals surface area contributed by atoms with Gasteiger partial charge in [0.25, 0.3) is 5.91 Å². The van der Waals surface area contributed by atoms with Crippen molar-refractivity contribution in [2.24, 2.45) is 0 Å². The summed E-state index contributed by atoms with van der Waals surface area (Å²) in [5, 5.41) is 13.8. The van der Waals surface area contributed by atoms with Gasteiger partial charge in [0, 0.05) is 10.9 Å². The van der Waals surface area contributed by atoms with E-state index in [-0.39, 0.29) is 12.5 Å². The van der Waals surface area contributed by atoms with Crippen molar-refractivity contribution in [2.45, 2.75) is 13.3 Å². The lowest BCUT2D eigenvalue weighted by molar-refractivity contribution is -0.118. The lowest BCUT2D eigenvalue weighted by atomic mass is 10.1. The Labute approximate surface area is 167 Å². The zero-order chi connectivity index (χ0) is 19.8. The van der Waals surface area contributed by atoms with Crippen LogP contribution in [0.4, 0.5) is 5.13 Å². The van der Waals surface area contributed by atoms with Crippen LogP contribution in [0.2, 0.25) is 0 Å². The highest BCUT2D eigenvalue weighted by Crippen LogP contribution is 2.32. The fourth-order valence-corrected chi connectivity index (χ4v) is 3.24. The Hall–Kier alpha value is -3.37. The van der Waals surface area contributed by atoms with Crippen molar-refractivity contribution in [1.82, 2.24) is 4.98 Å². The van der Waals surface area contributed by atoms with Crippen molar-refractivity contribution in [2.75, 3.05) is 18.5 Å². The van der Waals surface area contributed by atoms with Crippen molar-refractivity contribution in [3.05, 3.63) is 59.5 Å². The molecule has 3 aromatic rings. The number of nitrogens with one attached hydrogen (secondary N) is 1. The van der Waals surface area contributed by atoms with Gasteiger partial charge in [0.1, 0.15) is 11.5 Å². The Morgan fingerprint density at radius 3 is 2.71 bits per heavy atom. The van der Waals surface area contributed by atoms with E-state index in [0.29, 0.717) is 23.9 Å². The molecule has 1 heterocycles. The van der Waals surface area contributed by atoms with Crippen LogP contribution in [0.15, 0.2) is 53.9 Å². The maximum absolute atomic E-state index is 12.1. The van der Waals surface area contributed by atoms with Gasteiger partial charge in [-0.25, -0.2) is 4.98 Å². The molecule has 0 aliphatic carbocycles. The third kappa shape index (κ3) is 5.09. The number of hydrogen-bond donors (Lipinski definition) is 1. The van der Waals surface area contributed by atoms with Gasteiger partial charge in [0.15, 0.2) is 11.7 Å². The fraction of sp³-hybridized carbons (Fsp3) is 0.190. The predicted molar refractivity (Wildman–Crippen MR) is 109 cm³/mol. The van der Waals surface area contributed by atoms with Crippen LogP contribution in [-0.4, -0.2) is 24.1 Å². The third-order valence-corrected chi connectivity index (χ3v) is 4.55. The molecule has 0 radical (unpaired) electrons. The first-order chi connectivity index (χ1) is 13.7.